The highest BCUT2D eigenvalue weighted by Gasteiger charge is 2.18. The van der Waals surface area contributed by atoms with Crippen LogP contribution in [0, 0.1) is 13.8 Å². The summed E-state index contributed by atoms with van der Waals surface area (Å²) in [5.41, 5.74) is 4.85. The molecule has 2 rings (SSSR count). The molecule has 0 unspecified atom stereocenters. The van der Waals surface area contributed by atoms with Gasteiger partial charge in [-0.3, -0.25) is 9.79 Å². The lowest BCUT2D eigenvalue weighted by Gasteiger charge is -2.23. The standard InChI is InChI=1S/C21H26N2O/c1-5-12-23(15-18-10-8-7-9-11-18)21(24)19-13-17(4)20(22-6-2)14-16(19)3/h6-11,13-14H,5,12,15H2,1-4H3. The van der Waals surface area contributed by atoms with Crippen LogP contribution in [0.5, 0.6) is 0 Å². The topological polar surface area (TPSA) is 32.7 Å². The van der Waals surface area contributed by atoms with Gasteiger partial charge in [0.1, 0.15) is 0 Å². The minimum Gasteiger partial charge on any atom is -0.334 e. The number of benzene rings is 2. The second-order valence-corrected chi connectivity index (χ2v) is 6.05. The normalized spacial score (nSPS) is 11.0. The Labute approximate surface area is 145 Å². The molecule has 3 nitrogen and oxygen atoms in total. The molecule has 0 saturated heterocycles. The van der Waals surface area contributed by atoms with Crippen molar-refractivity contribution in [3.8, 4) is 0 Å². The minimum absolute atomic E-state index is 0.0910. The van der Waals surface area contributed by atoms with Crippen LogP contribution in [0.25, 0.3) is 0 Å². The molecule has 3 heteroatoms. The summed E-state index contributed by atoms with van der Waals surface area (Å²) in [5.74, 6) is 0.0910. The van der Waals surface area contributed by atoms with Gasteiger partial charge in [0.25, 0.3) is 5.91 Å². The van der Waals surface area contributed by atoms with Crippen LogP contribution in [0.15, 0.2) is 47.5 Å². The van der Waals surface area contributed by atoms with Gasteiger partial charge in [0.05, 0.1) is 5.69 Å². The Morgan fingerprint density at radius 2 is 1.83 bits per heavy atom. The smallest absolute Gasteiger partial charge is 0.254 e. The SMILES string of the molecule is CC=Nc1cc(C)c(C(=O)N(CCC)Cc2ccccc2)cc1C. The number of hydrogen-bond acceptors (Lipinski definition) is 2. The van der Waals surface area contributed by atoms with E-state index in [9.17, 15) is 4.79 Å². The number of aryl methyl sites for hydroxylation is 2. The van der Waals surface area contributed by atoms with Gasteiger partial charge in [0, 0.05) is 24.9 Å². The van der Waals surface area contributed by atoms with Gasteiger partial charge in [0.15, 0.2) is 0 Å². The van der Waals surface area contributed by atoms with Gasteiger partial charge in [-0.2, -0.15) is 0 Å². The van der Waals surface area contributed by atoms with E-state index < -0.39 is 0 Å². The van der Waals surface area contributed by atoms with Crippen molar-refractivity contribution in [2.45, 2.75) is 40.7 Å². The Kier molecular flexibility index (Phi) is 6.30. The highest BCUT2D eigenvalue weighted by molar-refractivity contribution is 5.96. The molecule has 0 aliphatic heterocycles. The predicted molar refractivity (Wildman–Crippen MR) is 101 cm³/mol. The fourth-order valence-electron chi connectivity index (χ4n) is 2.81. The zero-order valence-electron chi connectivity index (χ0n) is 15.0. The third-order valence-corrected chi connectivity index (χ3v) is 4.04. The zero-order chi connectivity index (χ0) is 17.5. The quantitative estimate of drug-likeness (QED) is 0.683. The number of aliphatic imine (C=N–C) groups is 1. The van der Waals surface area contributed by atoms with E-state index in [1.165, 1.54) is 0 Å². The van der Waals surface area contributed by atoms with Crippen molar-refractivity contribution in [1.82, 2.24) is 4.90 Å². The summed E-state index contributed by atoms with van der Waals surface area (Å²) in [6.07, 6.45) is 2.72. The molecule has 0 atom stereocenters. The van der Waals surface area contributed by atoms with Crippen molar-refractivity contribution in [2.75, 3.05) is 6.54 Å². The first-order valence-electron chi connectivity index (χ1n) is 8.50. The van der Waals surface area contributed by atoms with Crippen LogP contribution in [0.2, 0.25) is 0 Å². The minimum atomic E-state index is 0.0910. The van der Waals surface area contributed by atoms with E-state index >= 15 is 0 Å². The van der Waals surface area contributed by atoms with E-state index in [2.05, 4.69) is 24.0 Å². The third-order valence-electron chi connectivity index (χ3n) is 4.04. The molecular weight excluding hydrogens is 296 g/mol. The molecule has 0 saturated carbocycles. The van der Waals surface area contributed by atoms with Gasteiger partial charge in [-0.05, 0) is 56.0 Å². The van der Waals surface area contributed by atoms with Crippen molar-refractivity contribution in [3.05, 3.63) is 64.7 Å². The average Bonchev–Trinajstić information content (AvgIpc) is 2.58. The van der Waals surface area contributed by atoms with Crippen molar-refractivity contribution < 1.29 is 4.79 Å². The predicted octanol–water partition coefficient (Wildman–Crippen LogP) is 5.08. The van der Waals surface area contributed by atoms with Gasteiger partial charge >= 0.3 is 0 Å². The van der Waals surface area contributed by atoms with Crippen LogP contribution in [0.3, 0.4) is 0 Å². The zero-order valence-corrected chi connectivity index (χ0v) is 15.0. The lowest BCUT2D eigenvalue weighted by atomic mass is 10.0. The summed E-state index contributed by atoms with van der Waals surface area (Å²) in [5, 5.41) is 0. The van der Waals surface area contributed by atoms with E-state index in [1.807, 2.05) is 56.0 Å². The van der Waals surface area contributed by atoms with Gasteiger partial charge in [0.2, 0.25) is 0 Å². The Balaban J connectivity index is 2.31. The molecule has 0 heterocycles. The maximum Gasteiger partial charge on any atom is 0.254 e. The molecule has 1 amide bonds. The third kappa shape index (κ3) is 4.31. The van der Waals surface area contributed by atoms with Crippen molar-refractivity contribution >= 4 is 17.8 Å². The summed E-state index contributed by atoms with van der Waals surface area (Å²) in [4.78, 5) is 19.4. The molecule has 0 spiro atoms. The second kappa shape index (κ2) is 8.44. The maximum absolute atomic E-state index is 13.1. The molecule has 0 radical (unpaired) electrons. The van der Waals surface area contributed by atoms with Crippen LogP contribution in [0.4, 0.5) is 5.69 Å². The van der Waals surface area contributed by atoms with Crippen LogP contribution in [0.1, 0.15) is 47.3 Å². The number of nitrogens with zero attached hydrogens (tertiary/aromatic N) is 2. The summed E-state index contributed by atoms with van der Waals surface area (Å²) in [7, 11) is 0. The van der Waals surface area contributed by atoms with Crippen LogP contribution in [-0.4, -0.2) is 23.6 Å². The van der Waals surface area contributed by atoms with Crippen molar-refractivity contribution in [3.63, 3.8) is 0 Å². The van der Waals surface area contributed by atoms with Crippen molar-refractivity contribution in [2.24, 2.45) is 4.99 Å². The molecule has 2 aromatic rings. The van der Waals surface area contributed by atoms with Crippen LogP contribution >= 0.6 is 0 Å². The number of carbonyl (C=O) groups is 1. The highest BCUT2D eigenvalue weighted by atomic mass is 16.2. The van der Waals surface area contributed by atoms with Crippen molar-refractivity contribution in [1.29, 1.82) is 0 Å². The number of amides is 1. The molecule has 0 aromatic heterocycles. The largest absolute Gasteiger partial charge is 0.334 e. The van der Waals surface area contributed by atoms with Gasteiger partial charge in [-0.25, -0.2) is 0 Å². The molecule has 0 aliphatic carbocycles. The number of rotatable bonds is 6. The van der Waals surface area contributed by atoms with Gasteiger partial charge < -0.3 is 4.90 Å². The molecular formula is C21H26N2O. The van der Waals surface area contributed by atoms with E-state index in [0.29, 0.717) is 6.54 Å². The second-order valence-electron chi connectivity index (χ2n) is 6.05. The Bertz CT molecular complexity index is 720. The monoisotopic (exact) mass is 322 g/mol. The van der Waals surface area contributed by atoms with E-state index in [0.717, 1.165) is 40.9 Å². The molecule has 0 aliphatic rings. The molecule has 0 N–H and O–H groups in total. The Hall–Kier alpha value is -2.42. The van der Waals surface area contributed by atoms with Crippen LogP contribution < -0.4 is 0 Å². The average molecular weight is 322 g/mol. The molecule has 0 bridgehead atoms. The molecule has 2 aromatic carbocycles. The Morgan fingerprint density at radius 1 is 1.12 bits per heavy atom. The van der Waals surface area contributed by atoms with E-state index in [4.69, 9.17) is 0 Å². The first kappa shape index (κ1) is 17.9. The first-order valence-corrected chi connectivity index (χ1v) is 8.50. The van der Waals surface area contributed by atoms with Gasteiger partial charge in [-0.1, -0.05) is 37.3 Å². The van der Waals surface area contributed by atoms with Crippen LogP contribution in [-0.2, 0) is 6.54 Å². The lowest BCUT2D eigenvalue weighted by Crippen LogP contribution is -2.31. The Morgan fingerprint density at radius 3 is 2.46 bits per heavy atom. The molecule has 0 fully saturated rings. The van der Waals surface area contributed by atoms with Gasteiger partial charge in [-0.15, -0.1) is 0 Å². The summed E-state index contributed by atoms with van der Waals surface area (Å²) >= 11 is 0. The highest BCUT2D eigenvalue weighted by Crippen LogP contribution is 2.24. The van der Waals surface area contributed by atoms with E-state index in [1.54, 1.807) is 6.21 Å². The first-order chi connectivity index (χ1) is 11.6. The lowest BCUT2D eigenvalue weighted by molar-refractivity contribution is 0.0742. The fourth-order valence-corrected chi connectivity index (χ4v) is 2.81. The summed E-state index contributed by atoms with van der Waals surface area (Å²) in [6, 6.07) is 14.1. The molecule has 126 valence electrons. The molecule has 24 heavy (non-hydrogen) atoms. The number of carbonyl (C=O) groups excluding carboxylic acids is 1. The summed E-state index contributed by atoms with van der Waals surface area (Å²) in [6.45, 7) is 9.37. The maximum atomic E-state index is 13.1. The van der Waals surface area contributed by atoms with E-state index in [-0.39, 0.29) is 5.91 Å². The summed E-state index contributed by atoms with van der Waals surface area (Å²) < 4.78 is 0. The number of hydrogen-bond donors (Lipinski definition) is 0. The fraction of sp³-hybridized carbons (Fsp3) is 0.333.